The summed E-state index contributed by atoms with van der Waals surface area (Å²) in [6.07, 6.45) is 4.10. The van der Waals surface area contributed by atoms with E-state index in [-0.39, 0.29) is 0 Å². The van der Waals surface area contributed by atoms with Crippen molar-refractivity contribution >= 4 is 0 Å². The van der Waals surface area contributed by atoms with Gasteiger partial charge in [-0.3, -0.25) is 4.98 Å². The van der Waals surface area contributed by atoms with Gasteiger partial charge in [-0.1, -0.05) is 51.1 Å². The lowest BCUT2D eigenvalue weighted by Gasteiger charge is -2.25. The molecule has 2 aromatic rings. The molecule has 2 unspecified atom stereocenters. The Balaban J connectivity index is 2.24. The number of aryl methyl sites for hydroxylation is 1. The van der Waals surface area contributed by atoms with Crippen molar-refractivity contribution in [3.8, 4) is 0 Å². The van der Waals surface area contributed by atoms with Crippen LogP contribution in [0, 0.1) is 0 Å². The Hall–Kier alpha value is -1.67. The third-order valence-electron chi connectivity index (χ3n) is 4.02. The van der Waals surface area contributed by atoms with Crippen molar-refractivity contribution in [2.45, 2.75) is 45.6 Å². The molecule has 2 nitrogen and oxygen atoms in total. The Morgan fingerprint density at radius 1 is 1.05 bits per heavy atom. The molecule has 0 aliphatic heterocycles. The van der Waals surface area contributed by atoms with Crippen molar-refractivity contribution in [3.63, 3.8) is 0 Å². The Morgan fingerprint density at radius 3 is 2.38 bits per heavy atom. The summed E-state index contributed by atoms with van der Waals surface area (Å²) in [7, 11) is 0. The zero-order valence-corrected chi connectivity index (χ0v) is 13.3. The minimum atomic E-state index is 0.311. The third kappa shape index (κ3) is 4.15. The SMILES string of the molecule is CCCNC(c1ccc(CC)cc1)C(C)c1ccccn1. The van der Waals surface area contributed by atoms with Crippen molar-refractivity contribution in [1.82, 2.24) is 10.3 Å². The number of hydrogen-bond acceptors (Lipinski definition) is 2. The van der Waals surface area contributed by atoms with Crippen LogP contribution in [0.5, 0.6) is 0 Å². The number of aromatic nitrogens is 1. The van der Waals surface area contributed by atoms with Crippen LogP contribution in [0.15, 0.2) is 48.7 Å². The minimum absolute atomic E-state index is 0.311. The summed E-state index contributed by atoms with van der Waals surface area (Å²) in [4.78, 5) is 4.53. The molecule has 0 aliphatic carbocycles. The van der Waals surface area contributed by atoms with Crippen LogP contribution in [0.25, 0.3) is 0 Å². The molecular weight excluding hydrogens is 256 g/mol. The molecular formula is C19H26N2. The molecule has 112 valence electrons. The van der Waals surface area contributed by atoms with E-state index in [1.807, 2.05) is 12.3 Å². The molecule has 1 aromatic carbocycles. The van der Waals surface area contributed by atoms with E-state index < -0.39 is 0 Å². The van der Waals surface area contributed by atoms with Crippen molar-refractivity contribution in [1.29, 1.82) is 0 Å². The number of hydrogen-bond donors (Lipinski definition) is 1. The molecule has 0 bridgehead atoms. The fourth-order valence-electron chi connectivity index (χ4n) is 2.66. The summed E-state index contributed by atoms with van der Waals surface area (Å²) in [5.74, 6) is 0.352. The maximum absolute atomic E-state index is 4.53. The number of pyridine rings is 1. The van der Waals surface area contributed by atoms with E-state index in [9.17, 15) is 0 Å². The van der Waals surface area contributed by atoms with E-state index in [0.29, 0.717) is 12.0 Å². The quantitative estimate of drug-likeness (QED) is 0.809. The second kappa shape index (κ2) is 7.94. The predicted molar refractivity (Wildman–Crippen MR) is 89.5 cm³/mol. The average Bonchev–Trinajstić information content (AvgIpc) is 2.56. The lowest BCUT2D eigenvalue weighted by Crippen LogP contribution is -2.27. The molecule has 1 N–H and O–H groups in total. The van der Waals surface area contributed by atoms with Crippen molar-refractivity contribution < 1.29 is 0 Å². The topological polar surface area (TPSA) is 24.9 Å². The Morgan fingerprint density at radius 2 is 1.81 bits per heavy atom. The van der Waals surface area contributed by atoms with E-state index >= 15 is 0 Å². The van der Waals surface area contributed by atoms with Crippen molar-refractivity contribution in [2.24, 2.45) is 0 Å². The van der Waals surface area contributed by atoms with Gasteiger partial charge in [-0.25, -0.2) is 0 Å². The van der Waals surface area contributed by atoms with E-state index in [2.05, 4.69) is 67.5 Å². The highest BCUT2D eigenvalue weighted by Gasteiger charge is 2.21. The normalized spacial score (nSPS) is 13.9. The average molecular weight is 282 g/mol. The van der Waals surface area contributed by atoms with E-state index in [1.54, 1.807) is 0 Å². The lowest BCUT2D eigenvalue weighted by molar-refractivity contribution is 0.460. The standard InChI is InChI=1S/C19H26N2/c1-4-13-21-19(15(3)18-8-6-7-14-20-18)17-11-9-16(5-2)10-12-17/h6-12,14-15,19,21H,4-5,13H2,1-3H3. The van der Waals surface area contributed by atoms with Gasteiger partial charge in [0.1, 0.15) is 0 Å². The highest BCUT2D eigenvalue weighted by atomic mass is 14.9. The number of nitrogens with one attached hydrogen (secondary N) is 1. The van der Waals surface area contributed by atoms with Gasteiger partial charge in [-0.15, -0.1) is 0 Å². The lowest BCUT2D eigenvalue weighted by atomic mass is 9.90. The fraction of sp³-hybridized carbons (Fsp3) is 0.421. The van der Waals surface area contributed by atoms with Gasteiger partial charge in [0.25, 0.3) is 0 Å². The molecule has 0 aliphatic rings. The van der Waals surface area contributed by atoms with Crippen LogP contribution in [0.4, 0.5) is 0 Å². The summed E-state index contributed by atoms with van der Waals surface area (Å²) in [5.41, 5.74) is 3.88. The van der Waals surface area contributed by atoms with Crippen molar-refractivity contribution in [2.75, 3.05) is 6.54 Å². The highest BCUT2D eigenvalue weighted by Crippen LogP contribution is 2.29. The summed E-state index contributed by atoms with van der Waals surface area (Å²) >= 11 is 0. The molecule has 21 heavy (non-hydrogen) atoms. The molecule has 0 saturated carbocycles. The second-order valence-electron chi connectivity index (χ2n) is 5.57. The van der Waals surface area contributed by atoms with Crippen LogP contribution >= 0.6 is 0 Å². The zero-order chi connectivity index (χ0) is 15.1. The molecule has 2 heteroatoms. The highest BCUT2D eigenvalue weighted by molar-refractivity contribution is 5.28. The van der Waals surface area contributed by atoms with Gasteiger partial charge >= 0.3 is 0 Å². The summed E-state index contributed by atoms with van der Waals surface area (Å²) in [6.45, 7) is 7.68. The van der Waals surface area contributed by atoms with Crippen LogP contribution in [-0.2, 0) is 6.42 Å². The van der Waals surface area contributed by atoms with Crippen LogP contribution < -0.4 is 5.32 Å². The number of rotatable bonds is 7. The molecule has 0 fully saturated rings. The Labute approximate surface area is 128 Å². The molecule has 2 atom stereocenters. The molecule has 0 amide bonds. The zero-order valence-electron chi connectivity index (χ0n) is 13.3. The van der Waals surface area contributed by atoms with Crippen LogP contribution in [0.3, 0.4) is 0 Å². The minimum Gasteiger partial charge on any atom is -0.309 e. The Bertz CT molecular complexity index is 519. The molecule has 0 radical (unpaired) electrons. The van der Waals surface area contributed by atoms with Gasteiger partial charge in [0.05, 0.1) is 0 Å². The van der Waals surface area contributed by atoms with Gasteiger partial charge in [-0.05, 0) is 42.6 Å². The van der Waals surface area contributed by atoms with Crippen LogP contribution in [0.2, 0.25) is 0 Å². The smallest absolute Gasteiger partial charge is 0.0450 e. The van der Waals surface area contributed by atoms with Gasteiger partial charge in [0, 0.05) is 23.9 Å². The molecule has 2 rings (SSSR count). The van der Waals surface area contributed by atoms with Gasteiger partial charge in [-0.2, -0.15) is 0 Å². The Kier molecular flexibility index (Phi) is 5.94. The first kappa shape index (κ1) is 15.7. The first-order chi connectivity index (χ1) is 10.3. The number of benzene rings is 1. The first-order valence-electron chi connectivity index (χ1n) is 7.99. The van der Waals surface area contributed by atoms with E-state index in [4.69, 9.17) is 0 Å². The number of nitrogens with zero attached hydrogens (tertiary/aromatic N) is 1. The second-order valence-corrected chi connectivity index (χ2v) is 5.57. The van der Waals surface area contributed by atoms with Gasteiger partial charge < -0.3 is 5.32 Å². The summed E-state index contributed by atoms with van der Waals surface area (Å²) in [6, 6.07) is 15.5. The van der Waals surface area contributed by atoms with Crippen LogP contribution in [-0.4, -0.2) is 11.5 Å². The molecule has 1 heterocycles. The van der Waals surface area contributed by atoms with Gasteiger partial charge in [0.15, 0.2) is 0 Å². The van der Waals surface area contributed by atoms with E-state index in [1.165, 1.54) is 11.1 Å². The molecule has 0 spiro atoms. The predicted octanol–water partition coefficient (Wildman–Crippen LogP) is 4.49. The maximum Gasteiger partial charge on any atom is 0.0450 e. The molecule has 1 aromatic heterocycles. The third-order valence-corrected chi connectivity index (χ3v) is 4.02. The van der Waals surface area contributed by atoms with E-state index in [0.717, 1.165) is 25.1 Å². The summed E-state index contributed by atoms with van der Waals surface area (Å²) in [5, 5.41) is 3.68. The monoisotopic (exact) mass is 282 g/mol. The molecule has 0 saturated heterocycles. The fourth-order valence-corrected chi connectivity index (χ4v) is 2.66. The maximum atomic E-state index is 4.53. The van der Waals surface area contributed by atoms with Crippen molar-refractivity contribution in [3.05, 3.63) is 65.5 Å². The largest absolute Gasteiger partial charge is 0.309 e. The first-order valence-corrected chi connectivity index (χ1v) is 7.99. The summed E-state index contributed by atoms with van der Waals surface area (Å²) < 4.78 is 0. The van der Waals surface area contributed by atoms with Crippen LogP contribution in [0.1, 0.15) is 56.0 Å². The van der Waals surface area contributed by atoms with Gasteiger partial charge in [0.2, 0.25) is 0 Å².